The molecule has 0 aromatic heterocycles. The SMILES string of the molecule is CC.CC#CC1CC=CC=C1C. The summed E-state index contributed by atoms with van der Waals surface area (Å²) in [6.07, 6.45) is 7.49. The van der Waals surface area contributed by atoms with E-state index in [1.54, 1.807) is 0 Å². The lowest BCUT2D eigenvalue weighted by Crippen LogP contribution is -1.99. The van der Waals surface area contributed by atoms with Gasteiger partial charge in [-0.15, -0.1) is 5.92 Å². The third-order valence-corrected chi connectivity index (χ3v) is 1.74. The molecule has 1 unspecified atom stereocenters. The summed E-state index contributed by atoms with van der Waals surface area (Å²) in [5, 5.41) is 0. The van der Waals surface area contributed by atoms with Crippen LogP contribution >= 0.6 is 0 Å². The van der Waals surface area contributed by atoms with Gasteiger partial charge < -0.3 is 0 Å². The monoisotopic (exact) mass is 162 g/mol. The van der Waals surface area contributed by atoms with E-state index in [2.05, 4.69) is 37.0 Å². The third kappa shape index (κ3) is 3.44. The molecule has 1 atom stereocenters. The molecule has 0 nitrogen and oxygen atoms in total. The fourth-order valence-electron chi connectivity index (χ4n) is 1.08. The summed E-state index contributed by atoms with van der Waals surface area (Å²) in [6, 6.07) is 0. The lowest BCUT2D eigenvalue weighted by Gasteiger charge is -2.10. The summed E-state index contributed by atoms with van der Waals surface area (Å²) in [6.45, 7) is 8.03. The van der Waals surface area contributed by atoms with Crippen molar-refractivity contribution in [3.05, 3.63) is 23.8 Å². The molecule has 0 bridgehead atoms. The maximum atomic E-state index is 3.16. The van der Waals surface area contributed by atoms with Crippen molar-refractivity contribution in [3.63, 3.8) is 0 Å². The molecule has 0 amide bonds. The van der Waals surface area contributed by atoms with Crippen LogP contribution < -0.4 is 0 Å². The van der Waals surface area contributed by atoms with Crippen molar-refractivity contribution in [3.8, 4) is 11.8 Å². The van der Waals surface area contributed by atoms with Gasteiger partial charge in [-0.25, -0.2) is 0 Å². The van der Waals surface area contributed by atoms with Gasteiger partial charge in [-0.05, 0) is 20.3 Å². The first-order valence-electron chi connectivity index (χ1n) is 4.60. The minimum Gasteiger partial charge on any atom is -0.106 e. The minimum absolute atomic E-state index is 0.481. The van der Waals surface area contributed by atoms with E-state index in [0.29, 0.717) is 5.92 Å². The molecule has 1 aliphatic rings. The topological polar surface area (TPSA) is 0 Å². The zero-order valence-electron chi connectivity index (χ0n) is 8.52. The molecule has 0 radical (unpaired) electrons. The Morgan fingerprint density at radius 1 is 1.42 bits per heavy atom. The predicted molar refractivity (Wildman–Crippen MR) is 55.8 cm³/mol. The first-order valence-corrected chi connectivity index (χ1v) is 4.60. The van der Waals surface area contributed by atoms with Gasteiger partial charge in [0.2, 0.25) is 0 Å². The van der Waals surface area contributed by atoms with Crippen LogP contribution in [0.25, 0.3) is 0 Å². The predicted octanol–water partition coefficient (Wildman–Crippen LogP) is 3.56. The van der Waals surface area contributed by atoms with Crippen LogP contribution in [0.1, 0.15) is 34.1 Å². The highest BCUT2D eigenvalue weighted by atomic mass is 14.1. The van der Waals surface area contributed by atoms with Crippen molar-refractivity contribution in [1.29, 1.82) is 0 Å². The molecule has 0 fully saturated rings. The third-order valence-electron chi connectivity index (χ3n) is 1.74. The Morgan fingerprint density at radius 2 is 2.08 bits per heavy atom. The fourth-order valence-corrected chi connectivity index (χ4v) is 1.08. The van der Waals surface area contributed by atoms with E-state index in [-0.39, 0.29) is 0 Å². The highest BCUT2D eigenvalue weighted by Crippen LogP contribution is 2.18. The second-order valence-corrected chi connectivity index (χ2v) is 2.52. The maximum absolute atomic E-state index is 3.16. The van der Waals surface area contributed by atoms with Crippen LogP contribution in [0.5, 0.6) is 0 Å². The molecular formula is C12H18. The molecular weight excluding hydrogens is 144 g/mol. The summed E-state index contributed by atoms with van der Waals surface area (Å²) in [7, 11) is 0. The number of hydrogen-bond donors (Lipinski definition) is 0. The normalized spacial score (nSPS) is 19.7. The Balaban J connectivity index is 0.000000561. The first kappa shape index (κ1) is 11.0. The van der Waals surface area contributed by atoms with Crippen molar-refractivity contribution in [1.82, 2.24) is 0 Å². The molecule has 0 heterocycles. The molecule has 0 N–H and O–H groups in total. The zero-order chi connectivity index (χ0) is 9.40. The van der Waals surface area contributed by atoms with Gasteiger partial charge in [-0.3, -0.25) is 0 Å². The Labute approximate surface area is 76.4 Å². The van der Waals surface area contributed by atoms with Crippen molar-refractivity contribution in [2.24, 2.45) is 5.92 Å². The van der Waals surface area contributed by atoms with E-state index in [1.807, 2.05) is 20.8 Å². The molecule has 0 heteroatoms. The maximum Gasteiger partial charge on any atom is 0.0446 e. The summed E-state index contributed by atoms with van der Waals surface area (Å²) in [5.41, 5.74) is 1.39. The molecule has 0 aliphatic heterocycles. The second kappa shape index (κ2) is 6.73. The Bertz CT molecular complexity index is 220. The van der Waals surface area contributed by atoms with E-state index >= 15 is 0 Å². The summed E-state index contributed by atoms with van der Waals surface area (Å²) < 4.78 is 0. The van der Waals surface area contributed by atoms with Crippen molar-refractivity contribution in [2.45, 2.75) is 34.1 Å². The van der Waals surface area contributed by atoms with Gasteiger partial charge in [-0.2, -0.15) is 0 Å². The van der Waals surface area contributed by atoms with Gasteiger partial charge in [0, 0.05) is 5.92 Å². The molecule has 0 aromatic rings. The van der Waals surface area contributed by atoms with E-state index < -0.39 is 0 Å². The number of allylic oxidation sites excluding steroid dienone is 4. The fraction of sp³-hybridized carbons (Fsp3) is 0.500. The van der Waals surface area contributed by atoms with Gasteiger partial charge in [0.1, 0.15) is 0 Å². The standard InChI is InChI=1S/C10H12.C2H6/c1-3-6-10-8-5-4-7-9(10)2;1-2/h4-5,7,10H,8H2,1-2H3;1-2H3. The van der Waals surface area contributed by atoms with Crippen LogP contribution in [0.15, 0.2) is 23.8 Å². The highest BCUT2D eigenvalue weighted by Gasteiger charge is 2.06. The molecule has 1 rings (SSSR count). The largest absolute Gasteiger partial charge is 0.106 e. The quantitative estimate of drug-likeness (QED) is 0.478. The van der Waals surface area contributed by atoms with Crippen LogP contribution in [0.3, 0.4) is 0 Å². The summed E-state index contributed by atoms with van der Waals surface area (Å²) in [5.74, 6) is 6.59. The molecule has 0 saturated carbocycles. The Kier molecular flexibility index (Phi) is 6.19. The van der Waals surface area contributed by atoms with Gasteiger partial charge in [0.15, 0.2) is 0 Å². The van der Waals surface area contributed by atoms with Crippen molar-refractivity contribution < 1.29 is 0 Å². The van der Waals surface area contributed by atoms with Crippen LogP contribution in [-0.4, -0.2) is 0 Å². The summed E-state index contributed by atoms with van der Waals surface area (Å²) in [4.78, 5) is 0. The number of rotatable bonds is 0. The molecule has 0 aromatic carbocycles. The Morgan fingerprint density at radius 3 is 2.58 bits per heavy atom. The Hall–Kier alpha value is -0.960. The molecule has 0 spiro atoms. The highest BCUT2D eigenvalue weighted by molar-refractivity contribution is 5.26. The lowest BCUT2D eigenvalue weighted by molar-refractivity contribution is 0.791. The van der Waals surface area contributed by atoms with Crippen molar-refractivity contribution in [2.75, 3.05) is 0 Å². The average Bonchev–Trinajstić information content (AvgIpc) is 2.13. The summed E-state index contributed by atoms with van der Waals surface area (Å²) >= 11 is 0. The molecule has 1 aliphatic carbocycles. The second-order valence-electron chi connectivity index (χ2n) is 2.52. The van der Waals surface area contributed by atoms with Crippen molar-refractivity contribution >= 4 is 0 Å². The van der Waals surface area contributed by atoms with Crippen LogP contribution in [-0.2, 0) is 0 Å². The molecule has 12 heavy (non-hydrogen) atoms. The first-order chi connectivity index (χ1) is 5.84. The van der Waals surface area contributed by atoms with E-state index in [1.165, 1.54) is 5.57 Å². The lowest BCUT2D eigenvalue weighted by atomic mass is 9.93. The van der Waals surface area contributed by atoms with E-state index in [0.717, 1.165) is 6.42 Å². The number of hydrogen-bond acceptors (Lipinski definition) is 0. The zero-order valence-corrected chi connectivity index (χ0v) is 8.52. The molecule has 66 valence electrons. The van der Waals surface area contributed by atoms with Gasteiger partial charge in [0.25, 0.3) is 0 Å². The van der Waals surface area contributed by atoms with E-state index in [4.69, 9.17) is 0 Å². The smallest absolute Gasteiger partial charge is 0.0446 e. The average molecular weight is 162 g/mol. The van der Waals surface area contributed by atoms with Crippen LogP contribution in [0.4, 0.5) is 0 Å². The minimum atomic E-state index is 0.481. The van der Waals surface area contributed by atoms with E-state index in [9.17, 15) is 0 Å². The molecule has 0 saturated heterocycles. The van der Waals surface area contributed by atoms with Gasteiger partial charge >= 0.3 is 0 Å². The van der Waals surface area contributed by atoms with Gasteiger partial charge in [0.05, 0.1) is 0 Å². The van der Waals surface area contributed by atoms with Crippen LogP contribution in [0, 0.1) is 17.8 Å². The van der Waals surface area contributed by atoms with Gasteiger partial charge in [-0.1, -0.05) is 43.6 Å². The van der Waals surface area contributed by atoms with Crippen LogP contribution in [0.2, 0.25) is 0 Å².